The Morgan fingerprint density at radius 3 is 2.00 bits per heavy atom. The molecular formula is C30H45N3O5. The molecule has 0 saturated heterocycles. The van der Waals surface area contributed by atoms with Crippen molar-refractivity contribution in [3.8, 4) is 28.4 Å². The molecule has 0 radical (unpaired) electrons. The lowest BCUT2D eigenvalue weighted by Crippen LogP contribution is -2.21. The predicted molar refractivity (Wildman–Crippen MR) is 156 cm³/mol. The van der Waals surface area contributed by atoms with Gasteiger partial charge in [-0.2, -0.15) is 10.2 Å². The average Bonchev–Trinajstić information content (AvgIpc) is 3.36. The van der Waals surface area contributed by atoms with Crippen LogP contribution < -0.4 is 15.0 Å². The highest BCUT2D eigenvalue weighted by Crippen LogP contribution is 2.45. The maximum Gasteiger partial charge on any atom is 0.261 e. The first kappa shape index (κ1) is 32.6. The molecule has 0 spiro atoms. The van der Waals surface area contributed by atoms with Crippen molar-refractivity contribution in [2.75, 3.05) is 14.2 Å². The van der Waals surface area contributed by atoms with E-state index in [-0.39, 0.29) is 28.1 Å². The molecule has 38 heavy (non-hydrogen) atoms. The van der Waals surface area contributed by atoms with Gasteiger partial charge in [0.2, 0.25) is 0 Å². The zero-order valence-corrected chi connectivity index (χ0v) is 24.7. The standard InChI is InChI=1S/C22H27N3O4.C6H12O.C2H6/c1-5-7-9-14-18(20-16(28-3)10-8-11-17(20)29-4)21(26)19(22(27)23-14)15-12-13(6-2)24-25-15;1-5(7)6(2,3)4;1-2/h8,10-11H,5-7,9,12H2,1-4H3,(H2,23,26,27);1-4H3;1-2H3. The largest absolute Gasteiger partial charge is 0.506 e. The second kappa shape index (κ2) is 15.1. The Kier molecular flexibility index (Phi) is 13.0. The van der Waals surface area contributed by atoms with Gasteiger partial charge in [-0.25, -0.2) is 0 Å². The van der Waals surface area contributed by atoms with Crippen LogP contribution in [0, 0.1) is 5.41 Å². The maximum atomic E-state index is 12.9. The molecular weight excluding hydrogens is 482 g/mol. The number of aryl methyl sites for hydroxylation is 1. The summed E-state index contributed by atoms with van der Waals surface area (Å²) in [6.07, 6.45) is 3.62. The van der Waals surface area contributed by atoms with Crippen molar-refractivity contribution in [1.29, 1.82) is 0 Å². The van der Waals surface area contributed by atoms with E-state index >= 15 is 0 Å². The Labute approximate surface area is 227 Å². The molecule has 0 amide bonds. The van der Waals surface area contributed by atoms with E-state index in [1.54, 1.807) is 33.3 Å². The summed E-state index contributed by atoms with van der Waals surface area (Å²) in [7, 11) is 3.13. The number of unbranched alkanes of at least 4 members (excludes halogenated alkanes) is 1. The number of aromatic nitrogens is 1. The Morgan fingerprint density at radius 1 is 1.03 bits per heavy atom. The molecule has 1 aromatic heterocycles. The molecule has 0 atom stereocenters. The van der Waals surface area contributed by atoms with Gasteiger partial charge in [0.15, 0.2) is 0 Å². The number of carbonyl (C=O) groups excluding carboxylic acids is 1. The molecule has 1 aliphatic rings. The molecule has 2 aromatic rings. The number of benzene rings is 1. The molecule has 8 heteroatoms. The van der Waals surface area contributed by atoms with Crippen LogP contribution in [0.25, 0.3) is 11.1 Å². The van der Waals surface area contributed by atoms with E-state index < -0.39 is 0 Å². The number of carbonyl (C=O) groups is 1. The number of hydrogen-bond donors (Lipinski definition) is 2. The topological polar surface area (TPSA) is 113 Å². The molecule has 8 nitrogen and oxygen atoms in total. The van der Waals surface area contributed by atoms with Crippen molar-refractivity contribution in [2.24, 2.45) is 15.6 Å². The lowest BCUT2D eigenvalue weighted by atomic mass is 9.92. The van der Waals surface area contributed by atoms with Crippen LogP contribution in [-0.4, -0.2) is 41.5 Å². The van der Waals surface area contributed by atoms with Crippen LogP contribution >= 0.6 is 0 Å². The van der Waals surface area contributed by atoms with Crippen LogP contribution in [0.5, 0.6) is 17.2 Å². The number of methoxy groups -OCH3 is 2. The van der Waals surface area contributed by atoms with Crippen LogP contribution in [0.4, 0.5) is 0 Å². The Balaban J connectivity index is 0.000000696. The molecule has 0 fully saturated rings. The Morgan fingerprint density at radius 2 is 1.58 bits per heavy atom. The molecule has 210 valence electrons. The first-order valence-corrected chi connectivity index (χ1v) is 13.3. The maximum absolute atomic E-state index is 12.9. The van der Waals surface area contributed by atoms with Crippen molar-refractivity contribution >= 4 is 17.2 Å². The lowest BCUT2D eigenvalue weighted by molar-refractivity contribution is -0.124. The number of nitrogens with one attached hydrogen (secondary N) is 1. The molecule has 1 aromatic carbocycles. The van der Waals surface area contributed by atoms with Crippen molar-refractivity contribution in [1.82, 2.24) is 4.98 Å². The number of pyridine rings is 1. The normalized spacial score (nSPS) is 12.4. The van der Waals surface area contributed by atoms with Gasteiger partial charge in [-0.1, -0.05) is 61.0 Å². The van der Waals surface area contributed by atoms with E-state index in [2.05, 4.69) is 22.1 Å². The Hall–Kier alpha value is -3.42. The van der Waals surface area contributed by atoms with E-state index in [4.69, 9.17) is 9.47 Å². The van der Waals surface area contributed by atoms with Gasteiger partial charge in [0.05, 0.1) is 31.1 Å². The van der Waals surface area contributed by atoms with Crippen molar-refractivity contribution in [3.05, 3.63) is 39.8 Å². The van der Waals surface area contributed by atoms with E-state index in [1.807, 2.05) is 47.6 Å². The molecule has 3 rings (SSSR count). The minimum atomic E-state index is -0.363. The monoisotopic (exact) mass is 527 g/mol. The van der Waals surface area contributed by atoms with Gasteiger partial charge in [-0.05, 0) is 38.3 Å². The Bertz CT molecular complexity index is 1180. The van der Waals surface area contributed by atoms with Gasteiger partial charge in [-0.15, -0.1) is 0 Å². The first-order chi connectivity index (χ1) is 18.0. The van der Waals surface area contributed by atoms with Gasteiger partial charge < -0.3 is 19.6 Å². The van der Waals surface area contributed by atoms with Gasteiger partial charge in [-0.3, -0.25) is 9.59 Å². The van der Waals surface area contributed by atoms with Crippen LogP contribution in [0.15, 0.2) is 33.2 Å². The summed E-state index contributed by atoms with van der Waals surface area (Å²) >= 11 is 0. The number of H-pyrrole nitrogens is 1. The molecule has 0 bridgehead atoms. The van der Waals surface area contributed by atoms with Crippen molar-refractivity contribution in [2.45, 2.75) is 87.5 Å². The summed E-state index contributed by atoms with van der Waals surface area (Å²) in [4.78, 5) is 26.3. The van der Waals surface area contributed by atoms with E-state index in [1.165, 1.54) is 0 Å². The van der Waals surface area contributed by atoms with Crippen molar-refractivity contribution < 1.29 is 19.4 Å². The molecule has 0 saturated carbocycles. The van der Waals surface area contributed by atoms with E-state index in [0.717, 1.165) is 25.0 Å². The third kappa shape index (κ3) is 8.04. The molecule has 0 aliphatic carbocycles. The zero-order chi connectivity index (χ0) is 29.0. The van der Waals surface area contributed by atoms with Crippen LogP contribution in [-0.2, 0) is 11.2 Å². The van der Waals surface area contributed by atoms with E-state index in [9.17, 15) is 14.7 Å². The third-order valence-electron chi connectivity index (χ3n) is 6.16. The zero-order valence-electron chi connectivity index (χ0n) is 24.7. The van der Waals surface area contributed by atoms with Gasteiger partial charge in [0, 0.05) is 23.2 Å². The molecule has 2 heterocycles. The molecule has 0 unspecified atom stereocenters. The fourth-order valence-electron chi connectivity index (χ4n) is 3.54. The summed E-state index contributed by atoms with van der Waals surface area (Å²) in [6.45, 7) is 15.4. The molecule has 2 N–H and O–H groups in total. The second-order valence-electron chi connectivity index (χ2n) is 9.72. The predicted octanol–water partition coefficient (Wildman–Crippen LogP) is 6.71. The van der Waals surface area contributed by atoms with Crippen LogP contribution in [0.2, 0.25) is 0 Å². The number of nitrogens with zero attached hydrogens (tertiary/aromatic N) is 2. The number of aromatic amines is 1. The molecule has 1 aliphatic heterocycles. The second-order valence-corrected chi connectivity index (χ2v) is 9.72. The third-order valence-corrected chi connectivity index (χ3v) is 6.16. The number of aromatic hydroxyl groups is 1. The summed E-state index contributed by atoms with van der Waals surface area (Å²) < 4.78 is 11.1. The number of hydrogen-bond acceptors (Lipinski definition) is 7. The summed E-state index contributed by atoms with van der Waals surface area (Å²) in [5, 5.41) is 19.6. The summed E-state index contributed by atoms with van der Waals surface area (Å²) in [6, 6.07) is 5.42. The fourth-order valence-corrected chi connectivity index (χ4v) is 3.54. The van der Waals surface area contributed by atoms with Crippen LogP contribution in [0.1, 0.15) is 92.3 Å². The lowest BCUT2D eigenvalue weighted by Gasteiger charge is -2.19. The number of Topliss-reactive ketones (excluding diaryl/α,β-unsaturated/α-hetero) is 1. The number of rotatable bonds is 8. The van der Waals surface area contributed by atoms with Gasteiger partial charge >= 0.3 is 0 Å². The van der Waals surface area contributed by atoms with Gasteiger partial charge in [0.25, 0.3) is 5.56 Å². The highest BCUT2D eigenvalue weighted by Gasteiger charge is 2.28. The summed E-state index contributed by atoms with van der Waals surface area (Å²) in [5.41, 5.74) is 2.76. The average molecular weight is 528 g/mol. The smallest absolute Gasteiger partial charge is 0.261 e. The number of ketones is 1. The van der Waals surface area contributed by atoms with Crippen molar-refractivity contribution in [3.63, 3.8) is 0 Å². The quantitative estimate of drug-likeness (QED) is 0.396. The fraction of sp³-hybridized carbons (Fsp3) is 0.533. The SMILES string of the molecule is CC.CC(=O)C(C)(C)C.CCCCc1[nH]c(=O)c(C2=NN=C(CC)C2)c(O)c1-c1c(OC)cccc1OC. The summed E-state index contributed by atoms with van der Waals surface area (Å²) in [5.74, 6) is 1.23. The highest BCUT2D eigenvalue weighted by molar-refractivity contribution is 6.16. The van der Waals surface area contributed by atoms with Crippen LogP contribution in [0.3, 0.4) is 0 Å². The minimum absolute atomic E-state index is 0.117. The minimum Gasteiger partial charge on any atom is -0.506 e. The highest BCUT2D eigenvalue weighted by atomic mass is 16.5. The van der Waals surface area contributed by atoms with Gasteiger partial charge in [0.1, 0.15) is 28.6 Å². The van der Waals surface area contributed by atoms with E-state index in [0.29, 0.717) is 46.9 Å². The first-order valence-electron chi connectivity index (χ1n) is 13.3. The number of ether oxygens (including phenoxy) is 2.